The highest BCUT2D eigenvalue weighted by Gasteiger charge is 2.50. The molecule has 2 aromatic rings. The maximum atomic E-state index is 12.8. The van der Waals surface area contributed by atoms with Crippen LogP contribution >= 0.6 is 0 Å². The van der Waals surface area contributed by atoms with Gasteiger partial charge in [0, 0.05) is 18.5 Å². The van der Waals surface area contributed by atoms with E-state index in [1.54, 1.807) is 0 Å². The van der Waals surface area contributed by atoms with Crippen LogP contribution in [-0.4, -0.2) is 23.4 Å². The fourth-order valence-corrected chi connectivity index (χ4v) is 4.59. The highest BCUT2D eigenvalue weighted by Crippen LogP contribution is 2.36. The topological polar surface area (TPSA) is 87.3 Å². The van der Waals surface area contributed by atoms with Gasteiger partial charge in [-0.1, -0.05) is 30.3 Å². The Morgan fingerprint density at radius 3 is 2.67 bits per heavy atom. The third-order valence-electron chi connectivity index (χ3n) is 5.92. The highest BCUT2D eigenvalue weighted by atomic mass is 16.2. The molecule has 0 aromatic heterocycles. The number of carbonyl (C=O) groups excluding carboxylic acids is 3. The zero-order valence-electron chi connectivity index (χ0n) is 14.7. The second kappa shape index (κ2) is 5.67. The molecule has 2 aliphatic carbocycles. The second-order valence-corrected chi connectivity index (χ2v) is 7.61. The lowest BCUT2D eigenvalue weighted by molar-refractivity contribution is -0.123. The number of hydrogen-bond donors (Lipinski definition) is 3. The molecule has 2 unspecified atom stereocenters. The molecule has 1 fully saturated rings. The molecule has 1 aliphatic heterocycles. The summed E-state index contributed by atoms with van der Waals surface area (Å²) in [6.07, 6.45) is 2.67. The van der Waals surface area contributed by atoms with Gasteiger partial charge in [0.05, 0.1) is 5.92 Å². The van der Waals surface area contributed by atoms with Crippen molar-refractivity contribution in [3.05, 3.63) is 64.7 Å². The molecule has 2 atom stereocenters. The molecule has 2 aromatic carbocycles. The fourth-order valence-electron chi connectivity index (χ4n) is 4.59. The molecule has 3 aliphatic rings. The van der Waals surface area contributed by atoms with Crippen LogP contribution in [0.15, 0.2) is 42.5 Å². The van der Waals surface area contributed by atoms with Gasteiger partial charge in [0.25, 0.3) is 5.91 Å². The predicted molar refractivity (Wildman–Crippen MR) is 99.4 cm³/mol. The Labute approximate surface area is 156 Å². The monoisotopic (exact) mass is 361 g/mol. The van der Waals surface area contributed by atoms with E-state index in [0.717, 1.165) is 35.2 Å². The minimum atomic E-state index is -0.882. The largest absolute Gasteiger partial charge is 0.326 e. The maximum absolute atomic E-state index is 12.8. The van der Waals surface area contributed by atoms with Crippen LogP contribution in [-0.2, 0) is 28.9 Å². The second-order valence-electron chi connectivity index (χ2n) is 7.61. The minimum Gasteiger partial charge on any atom is -0.326 e. The number of rotatable bonds is 2. The van der Waals surface area contributed by atoms with E-state index >= 15 is 0 Å². The molecule has 0 saturated carbocycles. The Balaban J connectivity index is 1.35. The SMILES string of the molecule is O=C1NC(=O)C2(Cc3ccc(NC(=O)C4CCc5ccccc54)cc3C2)N1. The van der Waals surface area contributed by atoms with E-state index < -0.39 is 11.6 Å². The number of anilines is 1. The summed E-state index contributed by atoms with van der Waals surface area (Å²) in [5.74, 6) is -0.405. The van der Waals surface area contributed by atoms with Crippen molar-refractivity contribution in [2.24, 2.45) is 0 Å². The van der Waals surface area contributed by atoms with E-state index in [0.29, 0.717) is 12.8 Å². The van der Waals surface area contributed by atoms with Crippen molar-refractivity contribution in [1.82, 2.24) is 10.6 Å². The molecule has 5 rings (SSSR count). The average molecular weight is 361 g/mol. The third-order valence-corrected chi connectivity index (χ3v) is 5.92. The first-order chi connectivity index (χ1) is 13.0. The third kappa shape index (κ3) is 2.51. The standard InChI is InChI=1S/C21H19N3O3/c25-18(17-8-6-12-3-1-2-4-16(12)17)22-15-7-5-13-10-21(11-14(13)9-15)19(26)23-20(27)24-21/h1-5,7,9,17H,6,8,10-11H2,(H,22,25)(H2,23,24,26,27). The van der Waals surface area contributed by atoms with Crippen molar-refractivity contribution in [3.63, 3.8) is 0 Å². The quantitative estimate of drug-likeness (QED) is 0.716. The van der Waals surface area contributed by atoms with Gasteiger partial charge in [0.2, 0.25) is 5.91 Å². The van der Waals surface area contributed by atoms with Crippen LogP contribution in [0.2, 0.25) is 0 Å². The lowest BCUT2D eigenvalue weighted by Gasteiger charge is -2.18. The van der Waals surface area contributed by atoms with Crippen LogP contribution in [0.1, 0.15) is 34.6 Å². The summed E-state index contributed by atoms with van der Waals surface area (Å²) < 4.78 is 0. The summed E-state index contributed by atoms with van der Waals surface area (Å²) in [4.78, 5) is 36.5. The van der Waals surface area contributed by atoms with Crippen molar-refractivity contribution < 1.29 is 14.4 Å². The number of fused-ring (bicyclic) bond motifs is 2. The number of amides is 4. The molecule has 0 bridgehead atoms. The van der Waals surface area contributed by atoms with E-state index in [9.17, 15) is 14.4 Å². The van der Waals surface area contributed by atoms with Gasteiger partial charge in [-0.2, -0.15) is 0 Å². The number of nitrogens with one attached hydrogen (secondary N) is 3. The summed E-state index contributed by atoms with van der Waals surface area (Å²) in [6, 6.07) is 13.4. The maximum Gasteiger partial charge on any atom is 0.322 e. The van der Waals surface area contributed by atoms with Crippen LogP contribution in [0, 0.1) is 0 Å². The van der Waals surface area contributed by atoms with Gasteiger partial charge in [0.1, 0.15) is 5.54 Å². The Morgan fingerprint density at radius 1 is 1.04 bits per heavy atom. The molecular formula is C21H19N3O3. The van der Waals surface area contributed by atoms with Crippen LogP contribution in [0.25, 0.3) is 0 Å². The summed E-state index contributed by atoms with van der Waals surface area (Å²) in [5.41, 5.74) is 4.21. The van der Waals surface area contributed by atoms with Crippen LogP contribution < -0.4 is 16.0 Å². The van der Waals surface area contributed by atoms with Gasteiger partial charge in [-0.25, -0.2) is 4.79 Å². The number of benzene rings is 2. The Hall–Kier alpha value is -3.15. The lowest BCUT2D eigenvalue weighted by Crippen LogP contribution is -2.47. The van der Waals surface area contributed by atoms with Gasteiger partial charge < -0.3 is 10.6 Å². The molecule has 1 saturated heterocycles. The normalized spacial score (nSPS) is 25.1. The lowest BCUT2D eigenvalue weighted by atomic mass is 9.96. The predicted octanol–water partition coefficient (Wildman–Crippen LogP) is 2.03. The summed E-state index contributed by atoms with van der Waals surface area (Å²) in [7, 11) is 0. The molecule has 0 radical (unpaired) electrons. The summed E-state index contributed by atoms with van der Waals surface area (Å²) >= 11 is 0. The van der Waals surface area contributed by atoms with Gasteiger partial charge in [-0.05, 0) is 47.2 Å². The number of carbonyl (C=O) groups is 3. The van der Waals surface area contributed by atoms with Crippen LogP contribution in [0.4, 0.5) is 10.5 Å². The number of imide groups is 1. The first kappa shape index (κ1) is 16.1. The Morgan fingerprint density at radius 2 is 1.85 bits per heavy atom. The number of urea groups is 1. The first-order valence-corrected chi connectivity index (χ1v) is 9.18. The average Bonchev–Trinajstić information content (AvgIpc) is 3.29. The van der Waals surface area contributed by atoms with E-state index in [1.807, 2.05) is 36.4 Å². The molecular weight excluding hydrogens is 342 g/mol. The van der Waals surface area contributed by atoms with Crippen molar-refractivity contribution in [2.45, 2.75) is 37.1 Å². The minimum absolute atomic E-state index is 0.000442. The molecule has 4 amide bonds. The van der Waals surface area contributed by atoms with E-state index in [1.165, 1.54) is 5.56 Å². The molecule has 6 nitrogen and oxygen atoms in total. The fraction of sp³-hybridized carbons (Fsp3) is 0.286. The summed E-state index contributed by atoms with van der Waals surface area (Å²) in [5, 5.41) is 8.10. The van der Waals surface area contributed by atoms with Gasteiger partial charge in [0.15, 0.2) is 0 Å². The van der Waals surface area contributed by atoms with Crippen molar-refractivity contribution in [1.29, 1.82) is 0 Å². The zero-order valence-corrected chi connectivity index (χ0v) is 14.7. The zero-order chi connectivity index (χ0) is 18.6. The van der Waals surface area contributed by atoms with E-state index in [2.05, 4.69) is 22.0 Å². The number of aryl methyl sites for hydroxylation is 1. The molecule has 136 valence electrons. The van der Waals surface area contributed by atoms with Gasteiger partial charge >= 0.3 is 6.03 Å². The number of hydrogen-bond acceptors (Lipinski definition) is 3. The molecule has 6 heteroatoms. The van der Waals surface area contributed by atoms with E-state index in [-0.39, 0.29) is 17.7 Å². The smallest absolute Gasteiger partial charge is 0.322 e. The van der Waals surface area contributed by atoms with Crippen molar-refractivity contribution >= 4 is 23.5 Å². The molecule has 3 N–H and O–H groups in total. The Bertz CT molecular complexity index is 1000. The van der Waals surface area contributed by atoms with Crippen molar-refractivity contribution in [2.75, 3.05) is 5.32 Å². The highest BCUT2D eigenvalue weighted by molar-refractivity contribution is 6.08. The van der Waals surface area contributed by atoms with Gasteiger partial charge in [-0.15, -0.1) is 0 Å². The Kier molecular flexibility index (Phi) is 3.37. The molecule has 1 spiro atoms. The van der Waals surface area contributed by atoms with E-state index in [4.69, 9.17) is 0 Å². The molecule has 1 heterocycles. The summed E-state index contributed by atoms with van der Waals surface area (Å²) in [6.45, 7) is 0. The van der Waals surface area contributed by atoms with Crippen LogP contribution in [0.5, 0.6) is 0 Å². The van der Waals surface area contributed by atoms with Crippen LogP contribution in [0.3, 0.4) is 0 Å². The molecule has 27 heavy (non-hydrogen) atoms. The van der Waals surface area contributed by atoms with Crippen molar-refractivity contribution in [3.8, 4) is 0 Å². The first-order valence-electron chi connectivity index (χ1n) is 9.18. The van der Waals surface area contributed by atoms with Gasteiger partial charge in [-0.3, -0.25) is 14.9 Å².